The molecule has 3 aromatic rings. The Morgan fingerprint density at radius 3 is 2.06 bits per heavy atom. The standard InChI is InChI=1S/C26H22FNO4/c27-18-11-9-17(10-12-18)26(13-24(29)30)15-28(16-26)25(31)32-14-23-21-7-3-1-5-19(21)20-6-2-4-8-22(20)23/h1-12,23H,13-16H2,(H,29,30). The van der Waals surface area contributed by atoms with Crippen molar-refractivity contribution in [2.24, 2.45) is 0 Å². The Hall–Kier alpha value is -3.67. The van der Waals surface area contributed by atoms with Crippen molar-refractivity contribution in [3.05, 3.63) is 95.3 Å². The Kier molecular flexibility index (Phi) is 4.93. The van der Waals surface area contributed by atoms with Gasteiger partial charge in [0.25, 0.3) is 0 Å². The average molecular weight is 431 g/mol. The van der Waals surface area contributed by atoms with Gasteiger partial charge in [0.2, 0.25) is 0 Å². The van der Waals surface area contributed by atoms with E-state index in [1.165, 1.54) is 17.0 Å². The van der Waals surface area contributed by atoms with Crippen molar-refractivity contribution in [3.63, 3.8) is 0 Å². The molecule has 0 spiro atoms. The lowest BCUT2D eigenvalue weighted by Gasteiger charge is -2.49. The maximum atomic E-state index is 13.3. The lowest BCUT2D eigenvalue weighted by Crippen LogP contribution is -2.62. The van der Waals surface area contributed by atoms with Crippen molar-refractivity contribution in [1.82, 2.24) is 4.90 Å². The summed E-state index contributed by atoms with van der Waals surface area (Å²) in [6.45, 7) is 0.662. The molecule has 0 unspecified atom stereocenters. The van der Waals surface area contributed by atoms with Crippen molar-refractivity contribution >= 4 is 12.1 Å². The summed E-state index contributed by atoms with van der Waals surface area (Å²) in [6.07, 6.45) is -0.596. The molecule has 0 saturated carbocycles. The largest absolute Gasteiger partial charge is 0.481 e. The normalized spacial score (nSPS) is 16.1. The smallest absolute Gasteiger partial charge is 0.409 e. The van der Waals surface area contributed by atoms with Gasteiger partial charge >= 0.3 is 12.1 Å². The van der Waals surface area contributed by atoms with Crippen LogP contribution in [0.5, 0.6) is 0 Å². The number of halogens is 1. The Bertz CT molecular complexity index is 1140. The summed E-state index contributed by atoms with van der Waals surface area (Å²) < 4.78 is 19.0. The first kappa shape index (κ1) is 20.2. The van der Waals surface area contributed by atoms with Crippen LogP contribution >= 0.6 is 0 Å². The predicted octanol–water partition coefficient (Wildman–Crippen LogP) is 4.80. The summed E-state index contributed by atoms with van der Waals surface area (Å²) in [5, 5.41) is 9.38. The number of ether oxygens (including phenoxy) is 1. The number of benzene rings is 3. The van der Waals surface area contributed by atoms with Gasteiger partial charge in [-0.3, -0.25) is 4.79 Å². The van der Waals surface area contributed by atoms with Crippen molar-refractivity contribution in [3.8, 4) is 11.1 Å². The van der Waals surface area contributed by atoms with Gasteiger partial charge in [-0.15, -0.1) is 0 Å². The highest BCUT2D eigenvalue weighted by Gasteiger charge is 2.48. The number of aliphatic carboxylic acids is 1. The number of carboxylic acids is 1. The molecular weight excluding hydrogens is 409 g/mol. The van der Waals surface area contributed by atoms with Crippen molar-refractivity contribution in [2.75, 3.05) is 19.7 Å². The molecule has 32 heavy (non-hydrogen) atoms. The second-order valence-electron chi connectivity index (χ2n) is 8.52. The summed E-state index contributed by atoms with van der Waals surface area (Å²) in [6, 6.07) is 22.1. The van der Waals surface area contributed by atoms with Gasteiger partial charge in [0.05, 0.1) is 6.42 Å². The molecule has 0 bridgehead atoms. The molecule has 1 amide bonds. The van der Waals surface area contributed by atoms with Gasteiger partial charge in [0.1, 0.15) is 12.4 Å². The second-order valence-corrected chi connectivity index (χ2v) is 8.52. The molecular formula is C26H22FNO4. The number of hydrogen-bond donors (Lipinski definition) is 1. The number of carbonyl (C=O) groups is 2. The van der Waals surface area contributed by atoms with Crippen molar-refractivity contribution in [2.45, 2.75) is 17.8 Å². The topological polar surface area (TPSA) is 66.8 Å². The van der Waals surface area contributed by atoms with Crippen LogP contribution in [0.15, 0.2) is 72.8 Å². The van der Waals surface area contributed by atoms with Crippen LogP contribution in [0, 0.1) is 5.82 Å². The predicted molar refractivity (Wildman–Crippen MR) is 117 cm³/mol. The zero-order chi connectivity index (χ0) is 22.3. The minimum absolute atomic E-state index is 0.0338. The molecule has 0 radical (unpaired) electrons. The first-order valence-electron chi connectivity index (χ1n) is 10.5. The number of hydrogen-bond acceptors (Lipinski definition) is 3. The van der Waals surface area contributed by atoms with E-state index in [0.29, 0.717) is 5.56 Å². The fraction of sp³-hybridized carbons (Fsp3) is 0.231. The van der Waals surface area contributed by atoms with E-state index in [1.807, 2.05) is 24.3 Å². The van der Waals surface area contributed by atoms with Crippen LogP contribution in [0.25, 0.3) is 11.1 Å². The molecule has 1 saturated heterocycles. The number of carbonyl (C=O) groups excluding carboxylic acids is 1. The van der Waals surface area contributed by atoms with E-state index in [9.17, 15) is 19.1 Å². The van der Waals surface area contributed by atoms with Gasteiger partial charge in [-0.2, -0.15) is 0 Å². The van der Waals surface area contributed by atoms with E-state index in [2.05, 4.69) is 24.3 Å². The second kappa shape index (κ2) is 7.79. The van der Waals surface area contributed by atoms with Gasteiger partial charge in [-0.25, -0.2) is 9.18 Å². The van der Waals surface area contributed by atoms with Crippen LogP contribution in [-0.4, -0.2) is 41.8 Å². The minimum Gasteiger partial charge on any atom is -0.481 e. The molecule has 2 aliphatic rings. The molecule has 1 aliphatic heterocycles. The lowest BCUT2D eigenvalue weighted by atomic mass is 9.71. The van der Waals surface area contributed by atoms with Gasteiger partial charge in [-0.05, 0) is 39.9 Å². The van der Waals surface area contributed by atoms with Gasteiger partial charge < -0.3 is 14.7 Å². The Labute approximate surface area is 185 Å². The fourth-order valence-electron chi connectivity index (χ4n) is 4.99. The summed E-state index contributed by atoms with van der Waals surface area (Å²) in [7, 11) is 0. The first-order chi connectivity index (χ1) is 15.5. The molecule has 162 valence electrons. The van der Waals surface area contributed by atoms with Crippen molar-refractivity contribution in [1.29, 1.82) is 0 Å². The number of nitrogens with zero attached hydrogens (tertiary/aromatic N) is 1. The van der Waals surface area contributed by atoms with E-state index in [-0.39, 0.29) is 37.9 Å². The molecule has 3 aromatic carbocycles. The monoisotopic (exact) mass is 431 g/mol. The van der Waals surface area contributed by atoms with E-state index in [1.54, 1.807) is 12.1 Å². The lowest BCUT2D eigenvalue weighted by molar-refractivity contribution is -0.140. The number of fused-ring (bicyclic) bond motifs is 3. The Morgan fingerprint density at radius 1 is 0.938 bits per heavy atom. The molecule has 5 nitrogen and oxygen atoms in total. The van der Waals surface area contributed by atoms with Crippen LogP contribution < -0.4 is 0 Å². The number of likely N-dealkylation sites (tertiary alicyclic amines) is 1. The summed E-state index contributed by atoms with van der Waals surface area (Å²) in [4.78, 5) is 25.7. The molecule has 1 fully saturated rings. The third kappa shape index (κ3) is 3.42. The Balaban J connectivity index is 1.29. The summed E-state index contributed by atoms with van der Waals surface area (Å²) in [5.41, 5.74) is 4.57. The van der Waals surface area contributed by atoms with Crippen LogP contribution in [-0.2, 0) is 14.9 Å². The van der Waals surface area contributed by atoms with E-state index in [4.69, 9.17) is 4.74 Å². The molecule has 1 heterocycles. The maximum absolute atomic E-state index is 13.3. The van der Waals surface area contributed by atoms with Gasteiger partial charge in [0, 0.05) is 24.4 Å². The van der Waals surface area contributed by atoms with Crippen LogP contribution in [0.3, 0.4) is 0 Å². The van der Waals surface area contributed by atoms with Gasteiger partial charge in [0.15, 0.2) is 0 Å². The minimum atomic E-state index is -0.957. The number of carboxylic acid groups (broad SMARTS) is 1. The number of rotatable bonds is 5. The van der Waals surface area contributed by atoms with E-state index in [0.717, 1.165) is 22.3 Å². The maximum Gasteiger partial charge on any atom is 0.409 e. The highest BCUT2D eigenvalue weighted by atomic mass is 19.1. The third-order valence-corrected chi connectivity index (χ3v) is 6.53. The quantitative estimate of drug-likeness (QED) is 0.630. The first-order valence-corrected chi connectivity index (χ1v) is 10.5. The molecule has 1 aliphatic carbocycles. The zero-order valence-electron chi connectivity index (χ0n) is 17.3. The molecule has 5 rings (SSSR count). The van der Waals surface area contributed by atoms with Crippen molar-refractivity contribution < 1.29 is 23.8 Å². The summed E-state index contributed by atoms with van der Waals surface area (Å²) >= 11 is 0. The van der Waals surface area contributed by atoms with E-state index < -0.39 is 17.5 Å². The summed E-state index contributed by atoms with van der Waals surface area (Å²) in [5.74, 6) is -1.37. The number of amides is 1. The SMILES string of the molecule is O=C(O)CC1(c2ccc(F)cc2)CN(C(=O)OCC2c3ccccc3-c3ccccc32)C1. The third-order valence-electron chi connectivity index (χ3n) is 6.53. The fourth-order valence-corrected chi connectivity index (χ4v) is 4.99. The van der Waals surface area contributed by atoms with Crippen LogP contribution in [0.2, 0.25) is 0 Å². The molecule has 6 heteroatoms. The van der Waals surface area contributed by atoms with Gasteiger partial charge in [-0.1, -0.05) is 60.7 Å². The highest BCUT2D eigenvalue weighted by Crippen LogP contribution is 2.45. The Morgan fingerprint density at radius 2 is 1.50 bits per heavy atom. The van der Waals surface area contributed by atoms with Crippen LogP contribution in [0.1, 0.15) is 29.0 Å². The van der Waals surface area contributed by atoms with E-state index >= 15 is 0 Å². The van der Waals surface area contributed by atoms with Crippen LogP contribution in [0.4, 0.5) is 9.18 Å². The highest BCUT2D eigenvalue weighted by molar-refractivity contribution is 5.79. The zero-order valence-corrected chi connectivity index (χ0v) is 17.3. The molecule has 0 atom stereocenters. The molecule has 1 N–H and O–H groups in total. The average Bonchev–Trinajstić information content (AvgIpc) is 3.08. The molecule has 0 aromatic heterocycles.